The van der Waals surface area contributed by atoms with Gasteiger partial charge < -0.3 is 16.0 Å². The van der Waals surface area contributed by atoms with E-state index in [0.29, 0.717) is 6.04 Å². The lowest BCUT2D eigenvalue weighted by Crippen LogP contribution is -2.42. The normalized spacial score (nSPS) is 24.6. The molecule has 1 aliphatic heterocycles. The summed E-state index contributed by atoms with van der Waals surface area (Å²) in [5.41, 5.74) is 7.28. The predicted molar refractivity (Wildman–Crippen MR) is 80.4 cm³/mol. The minimum absolute atomic E-state index is 0.183. The number of carbonyl (C=O) groups excluding carboxylic acids is 1. The Morgan fingerprint density at radius 3 is 2.65 bits per heavy atom. The van der Waals surface area contributed by atoms with Crippen molar-refractivity contribution in [3.05, 3.63) is 29.8 Å². The van der Waals surface area contributed by atoms with Crippen molar-refractivity contribution in [1.29, 1.82) is 0 Å². The van der Waals surface area contributed by atoms with Gasteiger partial charge in [0.25, 0.3) is 0 Å². The molecule has 0 bridgehead atoms. The van der Waals surface area contributed by atoms with Gasteiger partial charge in [-0.3, -0.25) is 4.79 Å². The Bertz CT molecular complexity index is 493. The molecule has 108 valence electrons. The third kappa shape index (κ3) is 2.40. The zero-order chi connectivity index (χ0) is 14.2. The standard InChI is InChI=1S/C16H23N3O/c1-19-10-2-3-14(19)11-18-15(20)16(8-9-16)12-4-6-13(17)7-5-12/h4-7,14H,2-3,8-11,17H2,1H3,(H,18,20). The molecule has 2 aliphatic rings. The fraction of sp³-hybridized carbons (Fsp3) is 0.562. The van der Waals surface area contributed by atoms with E-state index in [-0.39, 0.29) is 11.3 Å². The first kappa shape index (κ1) is 13.4. The van der Waals surface area contributed by atoms with E-state index in [4.69, 9.17) is 5.73 Å². The minimum Gasteiger partial charge on any atom is -0.399 e. The molecule has 4 heteroatoms. The Kier molecular flexibility index (Phi) is 3.42. The molecular formula is C16H23N3O. The van der Waals surface area contributed by atoms with E-state index >= 15 is 0 Å². The highest BCUT2D eigenvalue weighted by Crippen LogP contribution is 2.48. The minimum atomic E-state index is -0.287. The number of hydrogen-bond acceptors (Lipinski definition) is 3. The first-order chi connectivity index (χ1) is 9.62. The largest absolute Gasteiger partial charge is 0.399 e. The van der Waals surface area contributed by atoms with E-state index in [1.54, 1.807) is 0 Å². The highest BCUT2D eigenvalue weighted by molar-refractivity contribution is 5.91. The Balaban J connectivity index is 1.63. The maximum Gasteiger partial charge on any atom is 0.230 e. The van der Waals surface area contributed by atoms with Gasteiger partial charge in [-0.2, -0.15) is 0 Å². The molecule has 4 nitrogen and oxygen atoms in total. The number of likely N-dealkylation sites (N-methyl/N-ethyl adjacent to an activating group) is 1. The van der Waals surface area contributed by atoms with Crippen molar-refractivity contribution in [2.75, 3.05) is 25.9 Å². The molecule has 0 spiro atoms. The van der Waals surface area contributed by atoms with Crippen LogP contribution in [0.4, 0.5) is 5.69 Å². The summed E-state index contributed by atoms with van der Waals surface area (Å²) < 4.78 is 0. The molecule has 1 aliphatic carbocycles. The summed E-state index contributed by atoms with van der Waals surface area (Å²) in [5.74, 6) is 0.183. The van der Waals surface area contributed by atoms with Crippen molar-refractivity contribution in [3.63, 3.8) is 0 Å². The summed E-state index contributed by atoms with van der Waals surface area (Å²) in [5, 5.41) is 3.16. The maximum atomic E-state index is 12.5. The lowest BCUT2D eigenvalue weighted by atomic mass is 9.94. The van der Waals surface area contributed by atoms with Crippen LogP contribution in [0, 0.1) is 0 Å². The van der Waals surface area contributed by atoms with Gasteiger partial charge in [-0.05, 0) is 57.0 Å². The third-order valence-electron chi connectivity index (χ3n) is 4.82. The van der Waals surface area contributed by atoms with Crippen LogP contribution in [0.3, 0.4) is 0 Å². The van der Waals surface area contributed by atoms with Gasteiger partial charge in [-0.15, -0.1) is 0 Å². The molecule has 3 rings (SSSR count). The Morgan fingerprint density at radius 2 is 2.10 bits per heavy atom. The number of benzene rings is 1. The van der Waals surface area contributed by atoms with Crippen LogP contribution >= 0.6 is 0 Å². The number of nitrogen functional groups attached to an aromatic ring is 1. The number of nitrogens with one attached hydrogen (secondary N) is 1. The Morgan fingerprint density at radius 1 is 1.40 bits per heavy atom. The molecule has 1 heterocycles. The molecule has 1 aromatic rings. The van der Waals surface area contributed by atoms with Crippen LogP contribution in [-0.2, 0) is 10.2 Å². The second kappa shape index (κ2) is 5.09. The highest BCUT2D eigenvalue weighted by Gasteiger charge is 2.51. The predicted octanol–water partition coefficient (Wildman–Crippen LogP) is 1.51. The molecule has 0 radical (unpaired) electrons. The highest BCUT2D eigenvalue weighted by atomic mass is 16.2. The van der Waals surface area contributed by atoms with E-state index in [0.717, 1.165) is 37.2 Å². The van der Waals surface area contributed by atoms with Crippen molar-refractivity contribution in [2.45, 2.75) is 37.1 Å². The second-order valence-corrected chi connectivity index (χ2v) is 6.19. The van der Waals surface area contributed by atoms with Crippen LogP contribution < -0.4 is 11.1 Å². The van der Waals surface area contributed by atoms with Gasteiger partial charge in [0.2, 0.25) is 5.91 Å². The van der Waals surface area contributed by atoms with Crippen LogP contribution in [0.25, 0.3) is 0 Å². The molecule has 1 atom stereocenters. The van der Waals surface area contributed by atoms with Gasteiger partial charge in [0.15, 0.2) is 0 Å². The number of rotatable bonds is 4. The molecule has 2 fully saturated rings. The Labute approximate surface area is 120 Å². The number of amides is 1. The quantitative estimate of drug-likeness (QED) is 0.818. The van der Waals surface area contributed by atoms with Gasteiger partial charge in [-0.1, -0.05) is 12.1 Å². The van der Waals surface area contributed by atoms with Gasteiger partial charge in [0.05, 0.1) is 5.41 Å². The molecule has 20 heavy (non-hydrogen) atoms. The number of carbonyl (C=O) groups is 1. The van der Waals surface area contributed by atoms with Gasteiger partial charge in [-0.25, -0.2) is 0 Å². The van der Waals surface area contributed by atoms with Gasteiger partial charge in [0.1, 0.15) is 0 Å². The summed E-state index contributed by atoms with van der Waals surface area (Å²) in [4.78, 5) is 14.9. The summed E-state index contributed by atoms with van der Waals surface area (Å²) >= 11 is 0. The van der Waals surface area contributed by atoms with E-state index in [1.165, 1.54) is 12.8 Å². The number of nitrogens with two attached hydrogens (primary N) is 1. The fourth-order valence-corrected chi connectivity index (χ4v) is 3.19. The summed E-state index contributed by atoms with van der Waals surface area (Å²) in [6.07, 6.45) is 4.32. The average molecular weight is 273 g/mol. The zero-order valence-corrected chi connectivity index (χ0v) is 12.1. The summed E-state index contributed by atoms with van der Waals surface area (Å²) in [6.45, 7) is 1.91. The van der Waals surface area contributed by atoms with Crippen molar-refractivity contribution < 1.29 is 4.79 Å². The van der Waals surface area contributed by atoms with Crippen LogP contribution in [0.5, 0.6) is 0 Å². The van der Waals surface area contributed by atoms with Crippen molar-refractivity contribution in [1.82, 2.24) is 10.2 Å². The van der Waals surface area contributed by atoms with Gasteiger partial charge >= 0.3 is 0 Å². The number of likely N-dealkylation sites (tertiary alicyclic amines) is 1. The van der Waals surface area contributed by atoms with E-state index < -0.39 is 0 Å². The second-order valence-electron chi connectivity index (χ2n) is 6.19. The molecule has 1 unspecified atom stereocenters. The molecule has 0 aromatic heterocycles. The topological polar surface area (TPSA) is 58.4 Å². The van der Waals surface area contributed by atoms with Crippen LogP contribution in [-0.4, -0.2) is 37.0 Å². The van der Waals surface area contributed by atoms with Gasteiger partial charge in [0, 0.05) is 18.3 Å². The third-order valence-corrected chi connectivity index (χ3v) is 4.82. The first-order valence-corrected chi connectivity index (χ1v) is 7.46. The maximum absolute atomic E-state index is 12.5. The molecular weight excluding hydrogens is 250 g/mol. The van der Waals surface area contributed by atoms with Crippen molar-refractivity contribution in [3.8, 4) is 0 Å². The summed E-state index contributed by atoms with van der Waals surface area (Å²) in [6, 6.07) is 8.25. The van der Waals surface area contributed by atoms with Crippen LogP contribution in [0.15, 0.2) is 24.3 Å². The monoisotopic (exact) mass is 273 g/mol. The molecule has 1 saturated carbocycles. The number of anilines is 1. The number of nitrogens with zero attached hydrogens (tertiary/aromatic N) is 1. The van der Waals surface area contributed by atoms with Crippen molar-refractivity contribution in [2.24, 2.45) is 0 Å². The van der Waals surface area contributed by atoms with E-state index in [9.17, 15) is 4.79 Å². The lowest BCUT2D eigenvalue weighted by molar-refractivity contribution is -0.123. The molecule has 3 N–H and O–H groups in total. The summed E-state index contributed by atoms with van der Waals surface area (Å²) in [7, 11) is 2.14. The van der Waals surface area contributed by atoms with E-state index in [1.807, 2.05) is 24.3 Å². The average Bonchev–Trinajstić information content (AvgIpc) is 3.15. The van der Waals surface area contributed by atoms with Crippen LogP contribution in [0.1, 0.15) is 31.2 Å². The van der Waals surface area contributed by atoms with Crippen LogP contribution in [0.2, 0.25) is 0 Å². The van der Waals surface area contributed by atoms with E-state index in [2.05, 4.69) is 17.3 Å². The Hall–Kier alpha value is -1.55. The smallest absolute Gasteiger partial charge is 0.230 e. The van der Waals surface area contributed by atoms with Crippen molar-refractivity contribution >= 4 is 11.6 Å². The molecule has 1 amide bonds. The number of hydrogen-bond donors (Lipinski definition) is 2. The first-order valence-electron chi connectivity index (χ1n) is 7.46. The molecule has 1 saturated heterocycles. The fourth-order valence-electron chi connectivity index (χ4n) is 3.19. The zero-order valence-electron chi connectivity index (χ0n) is 12.1. The molecule has 1 aromatic carbocycles. The lowest BCUT2D eigenvalue weighted by Gasteiger charge is -2.22. The SMILES string of the molecule is CN1CCCC1CNC(=O)C1(c2ccc(N)cc2)CC1.